The standard InChI is InChI=1S/C33H34NO.C10H17NO.Ir/c1-31(2,3)25-17-21(16-20-10-8-9-11-22(20)25)29-30-23(12-15-34-29)24-18-26-27(19-28(24)35-30)33(6,7)14-13-32(26,4)5;1-8(7-9(2)12)11-10-5-3-4-6-10;/h8-12,15,17-19H,13-14H2,1-7H3;7,10H,3-6H2,1-2H3,(H,11,12);/q-1;;/p-1. The third-order valence-electron chi connectivity index (χ3n) is 10.3. The Hall–Kier alpha value is -3.27. The second-order valence-electron chi connectivity index (χ2n) is 16.2. The molecule has 1 radical (unpaired) electrons. The van der Waals surface area contributed by atoms with Gasteiger partial charge in [0.2, 0.25) is 0 Å². The number of allylic oxidation sites excluding steroid dienone is 2. The molecule has 0 spiro atoms. The number of hydrogen-bond acceptors (Lipinski definition) is 3. The van der Waals surface area contributed by atoms with Gasteiger partial charge in [0.1, 0.15) is 11.2 Å². The summed E-state index contributed by atoms with van der Waals surface area (Å²) >= 11 is 0. The largest absolute Gasteiger partial charge is 0.685 e. The van der Waals surface area contributed by atoms with E-state index in [1.54, 1.807) is 13.0 Å². The molecule has 48 heavy (non-hydrogen) atoms. The van der Waals surface area contributed by atoms with E-state index >= 15 is 0 Å². The number of rotatable bonds is 4. The Kier molecular flexibility index (Phi) is 10.2. The van der Waals surface area contributed by atoms with Gasteiger partial charge in [0, 0.05) is 42.8 Å². The van der Waals surface area contributed by atoms with Gasteiger partial charge in [-0.25, -0.2) is 0 Å². The number of hydrogen-bond donors (Lipinski definition) is 0. The molecule has 0 amide bonds. The molecule has 0 unspecified atom stereocenters. The molecule has 2 aliphatic carbocycles. The van der Waals surface area contributed by atoms with Crippen LogP contribution in [0.5, 0.6) is 0 Å². The molecule has 4 nitrogen and oxygen atoms in total. The van der Waals surface area contributed by atoms with Crippen LogP contribution in [-0.4, -0.2) is 16.8 Å². The summed E-state index contributed by atoms with van der Waals surface area (Å²) in [5, 5.41) is 9.13. The number of fused-ring (bicyclic) bond motifs is 5. The first-order valence-corrected chi connectivity index (χ1v) is 17.4. The van der Waals surface area contributed by atoms with Crippen molar-refractivity contribution in [3.63, 3.8) is 0 Å². The number of nitrogens with zero attached hydrogens (tertiary/aromatic N) is 2. The summed E-state index contributed by atoms with van der Waals surface area (Å²) in [6.45, 7) is 19.7. The van der Waals surface area contributed by atoms with Crippen LogP contribution in [0.1, 0.15) is 118 Å². The van der Waals surface area contributed by atoms with Crippen molar-refractivity contribution in [2.45, 2.75) is 123 Å². The van der Waals surface area contributed by atoms with Gasteiger partial charge >= 0.3 is 0 Å². The van der Waals surface area contributed by atoms with Gasteiger partial charge in [0.05, 0.1) is 0 Å². The summed E-state index contributed by atoms with van der Waals surface area (Å²) in [6, 6.07) is 21.7. The normalized spacial score (nSPS) is 17.5. The van der Waals surface area contributed by atoms with Crippen molar-refractivity contribution < 1.29 is 29.3 Å². The van der Waals surface area contributed by atoms with E-state index in [-0.39, 0.29) is 42.1 Å². The van der Waals surface area contributed by atoms with E-state index in [4.69, 9.17) is 9.40 Å². The number of furan rings is 1. The maximum atomic E-state index is 10.7. The number of carbonyl (C=O) groups is 1. The number of carbonyl (C=O) groups excluding carboxylic acids is 1. The van der Waals surface area contributed by atoms with E-state index in [2.05, 4.69) is 108 Å². The van der Waals surface area contributed by atoms with Crippen molar-refractivity contribution in [1.29, 1.82) is 0 Å². The molecule has 0 N–H and O–H groups in total. The summed E-state index contributed by atoms with van der Waals surface area (Å²) < 4.78 is 6.62. The van der Waals surface area contributed by atoms with Crippen molar-refractivity contribution in [2.24, 2.45) is 0 Å². The fourth-order valence-corrected chi connectivity index (χ4v) is 7.59. The predicted molar refractivity (Wildman–Crippen MR) is 197 cm³/mol. The Balaban J connectivity index is 0.000000296. The molecule has 0 saturated heterocycles. The van der Waals surface area contributed by atoms with Crippen molar-refractivity contribution in [3.05, 3.63) is 94.6 Å². The van der Waals surface area contributed by atoms with Crippen LogP contribution < -0.4 is 0 Å². The maximum absolute atomic E-state index is 10.7. The third kappa shape index (κ3) is 7.19. The van der Waals surface area contributed by atoms with Crippen LogP contribution in [-0.2, 0) is 41.1 Å². The molecule has 3 aromatic carbocycles. The first kappa shape index (κ1) is 36.0. The van der Waals surface area contributed by atoms with Crippen LogP contribution in [0.2, 0.25) is 0 Å². The Morgan fingerprint density at radius 2 is 1.56 bits per heavy atom. The van der Waals surface area contributed by atoms with Crippen molar-refractivity contribution in [2.75, 3.05) is 0 Å². The van der Waals surface area contributed by atoms with Gasteiger partial charge < -0.3 is 9.73 Å². The first-order chi connectivity index (χ1) is 22.1. The van der Waals surface area contributed by atoms with Crippen molar-refractivity contribution in [3.8, 4) is 11.3 Å². The fourth-order valence-electron chi connectivity index (χ4n) is 7.59. The van der Waals surface area contributed by atoms with Crippen molar-refractivity contribution >= 4 is 38.5 Å². The Morgan fingerprint density at radius 3 is 2.21 bits per heavy atom. The number of pyridine rings is 1. The fraction of sp³-hybridized carbons (Fsp3) is 0.442. The van der Waals surface area contributed by atoms with Gasteiger partial charge in [-0.3, -0.25) is 9.78 Å². The second kappa shape index (κ2) is 13.6. The van der Waals surface area contributed by atoms with Gasteiger partial charge in [-0.1, -0.05) is 110 Å². The number of aromatic nitrogens is 1. The van der Waals surface area contributed by atoms with Crippen LogP contribution in [0.4, 0.5) is 0 Å². The maximum Gasteiger partial charge on any atom is 0.151 e. The molecule has 5 aromatic rings. The number of benzene rings is 3. The molecular formula is C43H50IrN2O2-2. The van der Waals surface area contributed by atoms with Crippen LogP contribution in [0.3, 0.4) is 0 Å². The summed E-state index contributed by atoms with van der Waals surface area (Å²) in [6.07, 6.45) is 10.9. The van der Waals surface area contributed by atoms with E-state index < -0.39 is 0 Å². The smallest absolute Gasteiger partial charge is 0.151 e. The second-order valence-corrected chi connectivity index (χ2v) is 16.2. The van der Waals surface area contributed by atoms with Crippen LogP contribution in [0, 0.1) is 6.07 Å². The molecule has 0 aliphatic heterocycles. The zero-order valence-electron chi connectivity index (χ0n) is 30.1. The zero-order chi connectivity index (χ0) is 33.7. The molecule has 5 heteroatoms. The minimum absolute atomic E-state index is 0. The molecule has 0 atom stereocenters. The topological polar surface area (TPSA) is 57.2 Å². The minimum atomic E-state index is 0. The predicted octanol–water partition coefficient (Wildman–Crippen LogP) is 12.0. The Labute approximate surface area is 300 Å². The van der Waals surface area contributed by atoms with Gasteiger partial charge in [-0.15, -0.1) is 35.2 Å². The summed E-state index contributed by atoms with van der Waals surface area (Å²) in [4.78, 5) is 15.5. The van der Waals surface area contributed by atoms with Gasteiger partial charge in [-0.2, -0.15) is 5.70 Å². The molecule has 2 aliphatic rings. The molecule has 255 valence electrons. The molecule has 7 rings (SSSR count). The molecule has 2 heterocycles. The summed E-state index contributed by atoms with van der Waals surface area (Å²) in [7, 11) is 0. The summed E-state index contributed by atoms with van der Waals surface area (Å²) in [5.74, 6) is 0.0919. The van der Waals surface area contributed by atoms with Gasteiger partial charge in [0.25, 0.3) is 0 Å². The van der Waals surface area contributed by atoms with E-state index in [0.29, 0.717) is 6.04 Å². The average Bonchev–Trinajstić information content (AvgIpc) is 3.65. The Bertz CT molecular complexity index is 2000. The first-order valence-electron chi connectivity index (χ1n) is 17.4. The van der Waals surface area contributed by atoms with Crippen LogP contribution in [0.15, 0.2) is 70.9 Å². The van der Waals surface area contributed by atoms with Crippen molar-refractivity contribution in [1.82, 2.24) is 4.98 Å². The SMILES string of the molecule is CC(=O)/C=C(/C)[N-]C1CCCC1.CC(C)(C)c1cc(-c2nccc3c2oc2cc4c(cc23)C(C)(C)CCC4(C)C)[c-]c2ccccc12.[Ir]. The molecule has 1 saturated carbocycles. The number of ketones is 1. The van der Waals surface area contributed by atoms with E-state index in [0.717, 1.165) is 38.9 Å². The van der Waals surface area contributed by atoms with Crippen LogP contribution in [0.25, 0.3) is 49.3 Å². The quantitative estimate of drug-likeness (QED) is 0.134. The molecule has 1 fully saturated rings. The monoisotopic (exact) mass is 819 g/mol. The molecule has 0 bridgehead atoms. The minimum Gasteiger partial charge on any atom is -0.685 e. The van der Waals surface area contributed by atoms with Gasteiger partial charge in [-0.05, 0) is 71.4 Å². The Morgan fingerprint density at radius 1 is 0.917 bits per heavy atom. The van der Waals surface area contributed by atoms with E-state index in [1.807, 2.05) is 13.1 Å². The summed E-state index contributed by atoms with van der Waals surface area (Å²) in [5.41, 5.74) is 9.03. The third-order valence-corrected chi connectivity index (χ3v) is 10.3. The average molecular weight is 819 g/mol. The zero-order valence-corrected chi connectivity index (χ0v) is 32.5. The molecule has 2 aromatic heterocycles. The van der Waals surface area contributed by atoms with E-state index in [1.165, 1.54) is 66.0 Å². The van der Waals surface area contributed by atoms with Crippen LogP contribution >= 0.6 is 0 Å². The van der Waals surface area contributed by atoms with Gasteiger partial charge in [0.15, 0.2) is 5.78 Å². The van der Waals surface area contributed by atoms with E-state index in [9.17, 15) is 4.79 Å². The molecular weight excluding hydrogens is 769 g/mol.